The van der Waals surface area contributed by atoms with Gasteiger partial charge in [0.2, 0.25) is 10.0 Å². The number of carbonyl (C=O) groups is 1. The molecule has 4 N–H and O–H groups in total. The third-order valence-corrected chi connectivity index (χ3v) is 4.28. The highest BCUT2D eigenvalue weighted by Crippen LogP contribution is 2.42. The molecule has 0 unspecified atom stereocenters. The van der Waals surface area contributed by atoms with Gasteiger partial charge in [-0.05, 0) is 25.7 Å². The molecule has 8 nitrogen and oxygen atoms in total. The van der Waals surface area contributed by atoms with Crippen LogP contribution in [-0.2, 0) is 14.8 Å². The predicted octanol–water partition coefficient (Wildman–Crippen LogP) is 0.0909. The minimum atomic E-state index is -3.98. The van der Waals surface area contributed by atoms with Crippen LogP contribution in [-0.4, -0.2) is 44.8 Å². The maximum atomic E-state index is 12.1. The van der Waals surface area contributed by atoms with E-state index in [0.29, 0.717) is 18.8 Å². The van der Waals surface area contributed by atoms with Gasteiger partial charge in [-0.2, -0.15) is 5.10 Å². The van der Waals surface area contributed by atoms with Crippen LogP contribution in [0.5, 0.6) is 0 Å². The Morgan fingerprint density at radius 2 is 2.19 bits per heavy atom. The highest BCUT2D eigenvalue weighted by Gasteiger charge is 2.35. The molecule has 1 heterocycles. The minimum Gasteiger partial charge on any atom is -0.385 e. The van der Waals surface area contributed by atoms with Gasteiger partial charge >= 0.3 is 0 Å². The van der Waals surface area contributed by atoms with Crippen molar-refractivity contribution < 1.29 is 17.9 Å². The first-order chi connectivity index (χ1) is 9.95. The summed E-state index contributed by atoms with van der Waals surface area (Å²) < 4.78 is 28.3. The Hall–Kier alpha value is -1.45. The van der Waals surface area contributed by atoms with E-state index in [1.807, 2.05) is 0 Å². The number of ether oxygens (including phenoxy) is 1. The molecule has 0 bridgehead atoms. The van der Waals surface area contributed by atoms with Crippen molar-refractivity contribution in [2.45, 2.75) is 36.5 Å². The van der Waals surface area contributed by atoms with Crippen molar-refractivity contribution in [1.82, 2.24) is 15.5 Å². The number of primary sulfonamides is 1. The number of carbonyl (C=O) groups excluding carboxylic acids is 1. The summed E-state index contributed by atoms with van der Waals surface area (Å²) in [6.07, 6.45) is 3.31. The molecule has 2 rings (SSSR count). The van der Waals surface area contributed by atoms with E-state index >= 15 is 0 Å². The number of unbranched alkanes of at least 4 members (excludes halogenated alkanes) is 1. The van der Waals surface area contributed by atoms with Crippen LogP contribution in [0.2, 0.25) is 0 Å². The highest BCUT2D eigenvalue weighted by atomic mass is 32.2. The lowest BCUT2D eigenvalue weighted by molar-refractivity contribution is 0.0943. The number of amides is 1. The van der Waals surface area contributed by atoms with E-state index in [1.54, 1.807) is 7.11 Å². The van der Waals surface area contributed by atoms with Gasteiger partial charge in [-0.15, -0.1) is 0 Å². The maximum absolute atomic E-state index is 12.1. The van der Waals surface area contributed by atoms with E-state index in [9.17, 15) is 13.2 Å². The molecule has 0 spiro atoms. The summed E-state index contributed by atoms with van der Waals surface area (Å²) in [6.45, 7) is 1.05. The van der Waals surface area contributed by atoms with Gasteiger partial charge < -0.3 is 10.1 Å². The fourth-order valence-corrected chi connectivity index (χ4v) is 3.02. The summed E-state index contributed by atoms with van der Waals surface area (Å²) in [5.41, 5.74) is 0.299. The first kappa shape index (κ1) is 15.9. The van der Waals surface area contributed by atoms with E-state index in [1.165, 1.54) is 0 Å². The number of H-pyrrole nitrogens is 1. The molecule has 9 heteroatoms. The average Bonchev–Trinajstić information content (AvgIpc) is 3.15. The molecular formula is C12H20N4O4S. The Morgan fingerprint density at radius 3 is 2.76 bits per heavy atom. The summed E-state index contributed by atoms with van der Waals surface area (Å²) in [5.74, 6) is -0.423. The van der Waals surface area contributed by atoms with Crippen molar-refractivity contribution in [2.75, 3.05) is 20.3 Å². The molecule has 0 radical (unpaired) electrons. The van der Waals surface area contributed by atoms with Gasteiger partial charge in [0.1, 0.15) is 4.90 Å². The molecule has 1 saturated carbocycles. The number of nitrogens with two attached hydrogens (primary N) is 1. The quantitative estimate of drug-likeness (QED) is 0.586. The van der Waals surface area contributed by atoms with Crippen molar-refractivity contribution in [2.24, 2.45) is 5.14 Å². The fourth-order valence-electron chi connectivity index (χ4n) is 2.09. The minimum absolute atomic E-state index is 0.106. The molecule has 0 aliphatic heterocycles. The van der Waals surface area contributed by atoms with E-state index in [2.05, 4.69) is 15.5 Å². The molecule has 21 heavy (non-hydrogen) atoms. The molecular weight excluding hydrogens is 296 g/mol. The molecule has 1 aliphatic rings. The van der Waals surface area contributed by atoms with Crippen LogP contribution in [0.4, 0.5) is 0 Å². The van der Waals surface area contributed by atoms with Crippen LogP contribution in [0.1, 0.15) is 47.8 Å². The number of aromatic amines is 1. The predicted molar refractivity (Wildman–Crippen MR) is 75.4 cm³/mol. The number of hydrogen-bond donors (Lipinski definition) is 3. The largest absolute Gasteiger partial charge is 0.385 e. The lowest BCUT2D eigenvalue weighted by atomic mass is 10.2. The molecule has 118 valence electrons. The molecule has 0 atom stereocenters. The SMILES string of the molecule is COCCCCNC(=O)c1n[nH]c(C2CC2)c1S(N)(=O)=O. The van der Waals surface area contributed by atoms with E-state index in [4.69, 9.17) is 9.88 Å². The smallest absolute Gasteiger partial charge is 0.273 e. The Morgan fingerprint density at radius 1 is 1.48 bits per heavy atom. The van der Waals surface area contributed by atoms with Crippen LogP contribution >= 0.6 is 0 Å². The highest BCUT2D eigenvalue weighted by molar-refractivity contribution is 7.89. The first-order valence-corrected chi connectivity index (χ1v) is 8.38. The number of sulfonamides is 1. The molecule has 1 amide bonds. The average molecular weight is 316 g/mol. The lowest BCUT2D eigenvalue weighted by Crippen LogP contribution is -2.27. The van der Waals surface area contributed by atoms with E-state index < -0.39 is 15.9 Å². The number of rotatable bonds is 8. The second kappa shape index (κ2) is 6.54. The van der Waals surface area contributed by atoms with Crippen LogP contribution in [0.15, 0.2) is 4.90 Å². The maximum Gasteiger partial charge on any atom is 0.273 e. The monoisotopic (exact) mass is 316 g/mol. The third-order valence-electron chi connectivity index (χ3n) is 3.29. The molecule has 1 fully saturated rings. The van der Waals surface area contributed by atoms with Crippen molar-refractivity contribution >= 4 is 15.9 Å². The lowest BCUT2D eigenvalue weighted by Gasteiger charge is -2.05. The summed E-state index contributed by atoms with van der Waals surface area (Å²) in [6, 6.07) is 0. The Kier molecular flexibility index (Phi) is 4.96. The Bertz CT molecular complexity index is 607. The number of hydrogen-bond acceptors (Lipinski definition) is 5. The van der Waals surface area contributed by atoms with Gasteiger partial charge in [-0.1, -0.05) is 0 Å². The number of nitrogens with zero attached hydrogens (tertiary/aromatic N) is 1. The molecule has 0 saturated heterocycles. The van der Waals surface area contributed by atoms with Gasteiger partial charge in [0.05, 0.1) is 5.69 Å². The second-order valence-electron chi connectivity index (χ2n) is 5.09. The van der Waals surface area contributed by atoms with E-state index in [0.717, 1.165) is 25.7 Å². The normalized spacial score (nSPS) is 15.1. The summed E-state index contributed by atoms with van der Waals surface area (Å²) in [5, 5.41) is 14.3. The third kappa shape index (κ3) is 4.02. The zero-order valence-electron chi connectivity index (χ0n) is 11.9. The number of nitrogens with one attached hydrogen (secondary N) is 2. The van der Waals surface area contributed by atoms with Crippen LogP contribution in [0.3, 0.4) is 0 Å². The van der Waals surface area contributed by atoms with Crippen molar-refractivity contribution in [3.8, 4) is 0 Å². The number of aromatic nitrogens is 2. The van der Waals surface area contributed by atoms with Crippen molar-refractivity contribution in [3.63, 3.8) is 0 Å². The molecule has 1 aliphatic carbocycles. The van der Waals surface area contributed by atoms with Crippen LogP contribution in [0.25, 0.3) is 0 Å². The number of methoxy groups -OCH3 is 1. The second-order valence-corrected chi connectivity index (χ2v) is 6.59. The molecule has 1 aromatic rings. The standard InChI is InChI=1S/C12H20N4O4S/c1-20-7-3-2-6-14-12(17)10-11(21(13,18)19)9(15-16-10)8-4-5-8/h8H,2-7H2,1H3,(H,14,17)(H,15,16)(H2,13,18,19). The summed E-state index contributed by atoms with van der Waals surface area (Å²) in [7, 11) is -2.37. The molecule has 0 aromatic carbocycles. The summed E-state index contributed by atoms with van der Waals surface area (Å²) >= 11 is 0. The van der Waals surface area contributed by atoms with Crippen molar-refractivity contribution in [3.05, 3.63) is 11.4 Å². The topological polar surface area (TPSA) is 127 Å². The van der Waals surface area contributed by atoms with Gasteiger partial charge in [-0.25, -0.2) is 13.6 Å². The van der Waals surface area contributed by atoms with Gasteiger partial charge in [-0.3, -0.25) is 9.89 Å². The van der Waals surface area contributed by atoms with Crippen LogP contribution in [0, 0.1) is 0 Å². The Balaban J connectivity index is 2.07. The zero-order chi connectivity index (χ0) is 15.5. The van der Waals surface area contributed by atoms with Gasteiger partial charge in [0, 0.05) is 26.2 Å². The van der Waals surface area contributed by atoms with Crippen molar-refractivity contribution in [1.29, 1.82) is 0 Å². The van der Waals surface area contributed by atoms with Gasteiger partial charge in [0.15, 0.2) is 5.69 Å². The van der Waals surface area contributed by atoms with Gasteiger partial charge in [0.25, 0.3) is 5.91 Å². The van der Waals surface area contributed by atoms with E-state index in [-0.39, 0.29) is 16.5 Å². The zero-order valence-corrected chi connectivity index (χ0v) is 12.7. The summed E-state index contributed by atoms with van der Waals surface area (Å²) in [4.78, 5) is 11.9. The fraction of sp³-hybridized carbons (Fsp3) is 0.667. The van der Waals surface area contributed by atoms with Crippen LogP contribution < -0.4 is 10.5 Å². The Labute approximate surface area is 123 Å². The first-order valence-electron chi connectivity index (χ1n) is 6.83. The molecule has 1 aromatic heterocycles.